The van der Waals surface area contributed by atoms with E-state index in [0.717, 1.165) is 0 Å². The van der Waals surface area contributed by atoms with E-state index in [2.05, 4.69) is 5.16 Å². The van der Waals surface area contributed by atoms with Crippen molar-refractivity contribution >= 4 is 17.4 Å². The van der Waals surface area contributed by atoms with Crippen molar-refractivity contribution in [3.63, 3.8) is 0 Å². The summed E-state index contributed by atoms with van der Waals surface area (Å²) in [5, 5.41) is 11.5. The zero-order chi connectivity index (χ0) is 14.7. The number of hydrogen-bond acceptors (Lipinski definition) is 4. The van der Waals surface area contributed by atoms with Crippen molar-refractivity contribution in [2.24, 2.45) is 10.9 Å². The van der Waals surface area contributed by atoms with Gasteiger partial charge < -0.3 is 20.3 Å². The van der Waals surface area contributed by atoms with Crippen LogP contribution in [0.1, 0.15) is 21.7 Å². The summed E-state index contributed by atoms with van der Waals surface area (Å²) < 4.78 is 5.13. The molecule has 0 fully saturated rings. The normalized spacial score (nSPS) is 11.4. The molecule has 104 valence electrons. The molecule has 0 aliphatic carbocycles. The van der Waals surface area contributed by atoms with Gasteiger partial charge in [-0.3, -0.25) is 4.79 Å². The number of rotatable bonds is 3. The summed E-state index contributed by atoms with van der Waals surface area (Å²) in [5.74, 6) is 0.540. The van der Waals surface area contributed by atoms with Gasteiger partial charge in [0.25, 0.3) is 5.91 Å². The molecule has 0 atom stereocenters. The Kier molecular flexibility index (Phi) is 3.74. The van der Waals surface area contributed by atoms with Crippen LogP contribution >= 0.6 is 0 Å². The van der Waals surface area contributed by atoms with Crippen molar-refractivity contribution in [2.45, 2.75) is 6.92 Å². The predicted molar refractivity (Wildman–Crippen MR) is 75.1 cm³/mol. The van der Waals surface area contributed by atoms with E-state index in [1.165, 1.54) is 11.2 Å². The zero-order valence-electron chi connectivity index (χ0n) is 11.2. The second-order valence-electron chi connectivity index (χ2n) is 4.34. The van der Waals surface area contributed by atoms with Crippen LogP contribution in [-0.4, -0.2) is 24.0 Å². The molecule has 0 saturated heterocycles. The number of nitrogens with two attached hydrogens (primary N) is 1. The number of carbonyl (C=O) groups excluding carboxylic acids is 1. The monoisotopic (exact) mass is 273 g/mol. The van der Waals surface area contributed by atoms with Crippen molar-refractivity contribution in [2.75, 3.05) is 11.9 Å². The minimum Gasteiger partial charge on any atom is -0.469 e. The molecule has 1 aromatic carbocycles. The highest BCUT2D eigenvalue weighted by atomic mass is 16.4. The number of hydrogen-bond donors (Lipinski definition) is 2. The van der Waals surface area contributed by atoms with Crippen molar-refractivity contribution < 1.29 is 14.4 Å². The van der Waals surface area contributed by atoms with Crippen LogP contribution in [0.4, 0.5) is 5.69 Å². The minimum atomic E-state index is -0.168. The number of benzene rings is 1. The number of amides is 1. The van der Waals surface area contributed by atoms with Gasteiger partial charge in [0.1, 0.15) is 12.0 Å². The smallest absolute Gasteiger partial charge is 0.261 e. The van der Waals surface area contributed by atoms with E-state index < -0.39 is 0 Å². The third kappa shape index (κ3) is 2.64. The fourth-order valence-corrected chi connectivity index (χ4v) is 1.78. The maximum absolute atomic E-state index is 12.2. The Morgan fingerprint density at radius 3 is 2.45 bits per heavy atom. The highest BCUT2D eigenvalue weighted by Crippen LogP contribution is 2.17. The Morgan fingerprint density at radius 1 is 1.30 bits per heavy atom. The minimum absolute atomic E-state index is 0.0241. The van der Waals surface area contributed by atoms with Gasteiger partial charge in [0.15, 0.2) is 5.84 Å². The molecule has 1 aromatic heterocycles. The van der Waals surface area contributed by atoms with Gasteiger partial charge in [-0.1, -0.05) is 5.16 Å². The Balaban J connectivity index is 2.21. The van der Waals surface area contributed by atoms with Crippen LogP contribution in [0.15, 0.2) is 46.2 Å². The molecule has 0 spiro atoms. The Hall–Kier alpha value is -2.76. The summed E-state index contributed by atoms with van der Waals surface area (Å²) in [4.78, 5) is 13.7. The number of anilines is 1. The lowest BCUT2D eigenvalue weighted by Gasteiger charge is -2.16. The number of amidine groups is 1. The van der Waals surface area contributed by atoms with Crippen LogP contribution in [-0.2, 0) is 0 Å². The molecule has 0 unspecified atom stereocenters. The van der Waals surface area contributed by atoms with Crippen LogP contribution in [0.25, 0.3) is 0 Å². The lowest BCUT2D eigenvalue weighted by atomic mass is 10.1. The molecule has 6 nitrogen and oxygen atoms in total. The number of oxime groups is 1. The van der Waals surface area contributed by atoms with Gasteiger partial charge >= 0.3 is 0 Å². The predicted octanol–water partition coefficient (Wildman–Crippen LogP) is 1.96. The lowest BCUT2D eigenvalue weighted by Crippen LogP contribution is -2.25. The molecular formula is C14H15N3O3. The van der Waals surface area contributed by atoms with Gasteiger partial charge in [0.05, 0.1) is 5.56 Å². The van der Waals surface area contributed by atoms with Crippen molar-refractivity contribution in [1.82, 2.24) is 0 Å². The van der Waals surface area contributed by atoms with E-state index >= 15 is 0 Å². The summed E-state index contributed by atoms with van der Waals surface area (Å²) in [7, 11) is 1.67. The summed E-state index contributed by atoms with van der Waals surface area (Å²) in [5.41, 5.74) is 7.25. The first-order valence-corrected chi connectivity index (χ1v) is 5.94. The molecule has 1 heterocycles. The first-order chi connectivity index (χ1) is 9.52. The van der Waals surface area contributed by atoms with Crippen LogP contribution in [0, 0.1) is 6.92 Å². The highest BCUT2D eigenvalue weighted by Gasteiger charge is 2.15. The molecule has 0 radical (unpaired) electrons. The molecule has 2 rings (SSSR count). The summed E-state index contributed by atoms with van der Waals surface area (Å²) in [6.45, 7) is 1.78. The zero-order valence-corrected chi connectivity index (χ0v) is 11.2. The second kappa shape index (κ2) is 5.48. The third-order valence-corrected chi connectivity index (χ3v) is 2.94. The van der Waals surface area contributed by atoms with E-state index in [0.29, 0.717) is 22.6 Å². The topological polar surface area (TPSA) is 92.1 Å². The summed E-state index contributed by atoms with van der Waals surface area (Å²) in [6, 6.07) is 8.48. The molecule has 20 heavy (non-hydrogen) atoms. The van der Waals surface area contributed by atoms with Gasteiger partial charge in [-0.05, 0) is 37.3 Å². The van der Waals surface area contributed by atoms with E-state index in [4.69, 9.17) is 15.4 Å². The van der Waals surface area contributed by atoms with Gasteiger partial charge in [-0.25, -0.2) is 0 Å². The quantitative estimate of drug-likeness (QED) is 0.387. The molecular weight excluding hydrogens is 258 g/mol. The van der Waals surface area contributed by atoms with E-state index in [1.807, 2.05) is 0 Å². The van der Waals surface area contributed by atoms with Gasteiger partial charge in [-0.2, -0.15) is 0 Å². The third-order valence-electron chi connectivity index (χ3n) is 2.94. The van der Waals surface area contributed by atoms with Crippen LogP contribution in [0.3, 0.4) is 0 Å². The first kappa shape index (κ1) is 13.7. The fraction of sp³-hybridized carbons (Fsp3) is 0.143. The molecule has 0 aliphatic heterocycles. The first-order valence-electron chi connectivity index (χ1n) is 5.94. The number of furan rings is 1. The average molecular weight is 273 g/mol. The second-order valence-corrected chi connectivity index (χ2v) is 4.34. The largest absolute Gasteiger partial charge is 0.469 e. The molecule has 0 saturated carbocycles. The maximum atomic E-state index is 12.2. The standard InChI is InChI=1S/C14H15N3O3/c1-9-7-11(8-20-9)14(18)17(2)12-5-3-10(4-6-12)13(15)16-19/h3-8,19H,1-2H3,(H2,15,16). The van der Waals surface area contributed by atoms with Crippen molar-refractivity contribution in [3.8, 4) is 0 Å². The van der Waals surface area contributed by atoms with E-state index in [9.17, 15) is 4.79 Å². The Labute approximate surface area is 116 Å². The maximum Gasteiger partial charge on any atom is 0.261 e. The summed E-state index contributed by atoms with van der Waals surface area (Å²) in [6.07, 6.45) is 1.43. The van der Waals surface area contributed by atoms with Crippen LogP contribution in [0.5, 0.6) is 0 Å². The van der Waals surface area contributed by atoms with Gasteiger partial charge in [0, 0.05) is 18.3 Å². The molecule has 0 bridgehead atoms. The fourth-order valence-electron chi connectivity index (χ4n) is 1.78. The highest BCUT2D eigenvalue weighted by molar-refractivity contribution is 6.06. The Morgan fingerprint density at radius 2 is 1.95 bits per heavy atom. The SMILES string of the molecule is Cc1cc(C(=O)N(C)c2ccc(/C(N)=N/O)cc2)co1. The number of carbonyl (C=O) groups is 1. The molecule has 3 N–H and O–H groups in total. The molecule has 2 aromatic rings. The van der Waals surface area contributed by atoms with Gasteiger partial charge in [-0.15, -0.1) is 0 Å². The molecule has 6 heteroatoms. The van der Waals surface area contributed by atoms with Crippen molar-refractivity contribution in [3.05, 3.63) is 53.5 Å². The van der Waals surface area contributed by atoms with Crippen LogP contribution in [0.2, 0.25) is 0 Å². The Bertz CT molecular complexity index is 644. The molecule has 0 aliphatic rings. The van der Waals surface area contributed by atoms with Crippen LogP contribution < -0.4 is 10.6 Å². The number of aryl methyl sites for hydroxylation is 1. The summed E-state index contributed by atoms with van der Waals surface area (Å²) >= 11 is 0. The van der Waals surface area contributed by atoms with E-state index in [1.54, 1.807) is 44.3 Å². The number of nitrogens with zero attached hydrogens (tertiary/aromatic N) is 2. The van der Waals surface area contributed by atoms with E-state index in [-0.39, 0.29) is 11.7 Å². The van der Waals surface area contributed by atoms with Gasteiger partial charge in [0.2, 0.25) is 0 Å². The molecule has 1 amide bonds. The van der Waals surface area contributed by atoms with Crippen molar-refractivity contribution in [1.29, 1.82) is 0 Å². The average Bonchev–Trinajstić information content (AvgIpc) is 2.91. The lowest BCUT2D eigenvalue weighted by molar-refractivity contribution is 0.0992.